The van der Waals surface area contributed by atoms with Crippen LogP contribution in [0.3, 0.4) is 0 Å². The van der Waals surface area contributed by atoms with Crippen LogP contribution in [-0.4, -0.2) is 6.04 Å². The van der Waals surface area contributed by atoms with Crippen molar-refractivity contribution in [3.8, 4) is 0 Å². The molecule has 19 heavy (non-hydrogen) atoms. The monoisotopic (exact) mass is 261 g/mol. The summed E-state index contributed by atoms with van der Waals surface area (Å²) < 4.78 is 18.3. The van der Waals surface area contributed by atoms with Crippen LogP contribution in [0.5, 0.6) is 0 Å². The topological polar surface area (TPSA) is 25.2 Å². The summed E-state index contributed by atoms with van der Waals surface area (Å²) >= 11 is 0. The van der Waals surface area contributed by atoms with Gasteiger partial charge in [-0.25, -0.2) is 4.39 Å². The lowest BCUT2D eigenvalue weighted by molar-refractivity contribution is 0.371. The maximum absolute atomic E-state index is 12.8. The molecule has 1 N–H and O–H groups in total. The van der Waals surface area contributed by atoms with Crippen LogP contribution < -0.4 is 5.32 Å². The second-order valence-corrected chi connectivity index (χ2v) is 4.87. The molecule has 2 atom stereocenters. The molecule has 0 bridgehead atoms. The second kappa shape index (κ2) is 6.53. The third-order valence-electron chi connectivity index (χ3n) is 3.24. The van der Waals surface area contributed by atoms with E-state index in [0.717, 1.165) is 24.2 Å². The molecule has 0 radical (unpaired) electrons. The number of furan rings is 1. The fourth-order valence-electron chi connectivity index (χ4n) is 2.27. The van der Waals surface area contributed by atoms with Crippen molar-refractivity contribution in [1.82, 2.24) is 5.32 Å². The summed E-state index contributed by atoms with van der Waals surface area (Å²) in [4.78, 5) is 0. The first-order valence-electron chi connectivity index (χ1n) is 6.73. The van der Waals surface area contributed by atoms with E-state index in [0.29, 0.717) is 6.04 Å². The minimum absolute atomic E-state index is 0.189. The average molecular weight is 261 g/mol. The van der Waals surface area contributed by atoms with Gasteiger partial charge in [0.25, 0.3) is 0 Å². The zero-order valence-electron chi connectivity index (χ0n) is 11.4. The second-order valence-electron chi connectivity index (χ2n) is 4.87. The Morgan fingerprint density at radius 1 is 1.21 bits per heavy atom. The highest BCUT2D eigenvalue weighted by Crippen LogP contribution is 2.18. The van der Waals surface area contributed by atoms with Gasteiger partial charge in [0.1, 0.15) is 11.6 Å². The Morgan fingerprint density at radius 2 is 1.95 bits per heavy atom. The van der Waals surface area contributed by atoms with E-state index in [2.05, 4.69) is 19.2 Å². The van der Waals surface area contributed by atoms with E-state index in [1.54, 1.807) is 6.26 Å². The van der Waals surface area contributed by atoms with Crippen molar-refractivity contribution >= 4 is 0 Å². The highest BCUT2D eigenvalue weighted by molar-refractivity contribution is 5.17. The van der Waals surface area contributed by atoms with E-state index in [1.165, 1.54) is 12.1 Å². The van der Waals surface area contributed by atoms with Crippen molar-refractivity contribution in [3.63, 3.8) is 0 Å². The number of hydrogen-bond donors (Lipinski definition) is 1. The van der Waals surface area contributed by atoms with Crippen molar-refractivity contribution in [1.29, 1.82) is 0 Å². The Morgan fingerprint density at radius 3 is 2.53 bits per heavy atom. The minimum Gasteiger partial charge on any atom is -0.468 e. The number of halogens is 1. The molecular weight excluding hydrogens is 241 g/mol. The van der Waals surface area contributed by atoms with Gasteiger partial charge in [0.2, 0.25) is 0 Å². The molecule has 1 aromatic heterocycles. The van der Waals surface area contributed by atoms with Crippen molar-refractivity contribution in [2.24, 2.45) is 0 Å². The summed E-state index contributed by atoms with van der Waals surface area (Å²) in [5.41, 5.74) is 1.13. The van der Waals surface area contributed by atoms with Crippen molar-refractivity contribution in [2.45, 2.75) is 38.8 Å². The van der Waals surface area contributed by atoms with Crippen molar-refractivity contribution < 1.29 is 8.81 Å². The Bertz CT molecular complexity index is 478. The van der Waals surface area contributed by atoms with E-state index in [9.17, 15) is 4.39 Å². The van der Waals surface area contributed by atoms with Gasteiger partial charge in [0, 0.05) is 6.04 Å². The van der Waals surface area contributed by atoms with Gasteiger partial charge in [0.05, 0.1) is 12.3 Å². The molecule has 0 amide bonds. The summed E-state index contributed by atoms with van der Waals surface area (Å²) in [5.74, 6) is 0.778. The first-order valence-corrected chi connectivity index (χ1v) is 6.73. The molecule has 2 aromatic rings. The van der Waals surface area contributed by atoms with Crippen LogP contribution in [0, 0.1) is 5.82 Å². The van der Waals surface area contributed by atoms with E-state index < -0.39 is 0 Å². The predicted molar refractivity (Wildman–Crippen MR) is 74.4 cm³/mol. The fraction of sp³-hybridized carbons (Fsp3) is 0.375. The van der Waals surface area contributed by atoms with Crippen LogP contribution >= 0.6 is 0 Å². The van der Waals surface area contributed by atoms with Crippen LogP contribution in [-0.2, 0) is 6.42 Å². The van der Waals surface area contributed by atoms with Gasteiger partial charge in [-0.15, -0.1) is 0 Å². The normalized spacial score (nSPS) is 14.3. The maximum atomic E-state index is 12.8. The molecule has 0 aliphatic carbocycles. The molecule has 0 aliphatic rings. The first kappa shape index (κ1) is 13.8. The molecule has 2 nitrogen and oxygen atoms in total. The molecule has 0 saturated heterocycles. The highest BCUT2D eigenvalue weighted by Gasteiger charge is 2.14. The standard InChI is InChI=1S/C16H20FNO/c1-3-15(16-5-4-10-19-16)18-12(2)11-13-6-8-14(17)9-7-13/h4-10,12,15,18H,3,11H2,1-2H3. The molecule has 2 rings (SSSR count). The quantitative estimate of drug-likeness (QED) is 0.847. The largest absolute Gasteiger partial charge is 0.468 e. The lowest BCUT2D eigenvalue weighted by Gasteiger charge is -2.20. The van der Waals surface area contributed by atoms with Crippen LogP contribution in [0.15, 0.2) is 47.1 Å². The summed E-state index contributed by atoms with van der Waals surface area (Å²) in [7, 11) is 0. The lowest BCUT2D eigenvalue weighted by atomic mass is 10.0. The molecule has 1 heterocycles. The van der Waals surface area contributed by atoms with Gasteiger partial charge in [-0.2, -0.15) is 0 Å². The van der Waals surface area contributed by atoms with Gasteiger partial charge in [0.15, 0.2) is 0 Å². The molecule has 102 valence electrons. The van der Waals surface area contributed by atoms with Crippen LogP contribution in [0.2, 0.25) is 0 Å². The van der Waals surface area contributed by atoms with Crippen molar-refractivity contribution in [3.05, 3.63) is 59.8 Å². The Kier molecular flexibility index (Phi) is 4.74. The number of hydrogen-bond acceptors (Lipinski definition) is 2. The first-order chi connectivity index (χ1) is 9.19. The lowest BCUT2D eigenvalue weighted by Crippen LogP contribution is -2.31. The molecule has 0 aliphatic heterocycles. The van der Waals surface area contributed by atoms with Crippen LogP contribution in [0.25, 0.3) is 0 Å². The summed E-state index contributed by atoms with van der Waals surface area (Å²) in [6, 6.07) is 11.1. The summed E-state index contributed by atoms with van der Waals surface area (Å²) in [5, 5.41) is 3.54. The maximum Gasteiger partial charge on any atom is 0.123 e. The minimum atomic E-state index is -0.189. The third-order valence-corrected chi connectivity index (χ3v) is 3.24. The molecule has 2 unspecified atom stereocenters. The van der Waals surface area contributed by atoms with E-state index >= 15 is 0 Å². The van der Waals surface area contributed by atoms with E-state index in [4.69, 9.17) is 4.42 Å². The zero-order chi connectivity index (χ0) is 13.7. The number of benzene rings is 1. The summed E-state index contributed by atoms with van der Waals surface area (Å²) in [6.07, 6.45) is 3.54. The molecular formula is C16H20FNO. The zero-order valence-corrected chi connectivity index (χ0v) is 11.4. The van der Waals surface area contributed by atoms with Gasteiger partial charge >= 0.3 is 0 Å². The number of rotatable bonds is 6. The van der Waals surface area contributed by atoms with Crippen molar-refractivity contribution in [2.75, 3.05) is 0 Å². The SMILES string of the molecule is CCC(NC(C)Cc1ccc(F)cc1)c1ccco1. The smallest absolute Gasteiger partial charge is 0.123 e. The van der Waals surface area contributed by atoms with E-state index in [-0.39, 0.29) is 11.9 Å². The highest BCUT2D eigenvalue weighted by atomic mass is 19.1. The molecule has 0 saturated carbocycles. The fourth-order valence-corrected chi connectivity index (χ4v) is 2.27. The Balaban J connectivity index is 1.93. The van der Waals surface area contributed by atoms with E-state index in [1.807, 2.05) is 24.3 Å². The van der Waals surface area contributed by atoms with Gasteiger partial charge < -0.3 is 9.73 Å². The molecule has 1 aromatic carbocycles. The molecule has 0 fully saturated rings. The van der Waals surface area contributed by atoms with Gasteiger partial charge in [-0.05, 0) is 49.6 Å². The molecule has 0 spiro atoms. The van der Waals surface area contributed by atoms with Crippen LogP contribution in [0.4, 0.5) is 4.39 Å². The Hall–Kier alpha value is -1.61. The third kappa shape index (κ3) is 3.93. The molecule has 3 heteroatoms. The number of nitrogens with one attached hydrogen (secondary N) is 1. The Labute approximate surface area is 113 Å². The average Bonchev–Trinajstić information content (AvgIpc) is 2.92. The van der Waals surface area contributed by atoms with Crippen LogP contribution in [0.1, 0.15) is 37.6 Å². The van der Waals surface area contributed by atoms with Gasteiger partial charge in [-0.1, -0.05) is 19.1 Å². The predicted octanol–water partition coefficient (Wildman–Crippen LogP) is 4.09. The van der Waals surface area contributed by atoms with Gasteiger partial charge in [-0.3, -0.25) is 0 Å². The summed E-state index contributed by atoms with van der Waals surface area (Å²) in [6.45, 7) is 4.26.